The summed E-state index contributed by atoms with van der Waals surface area (Å²) in [5.41, 5.74) is 2.38. The number of aromatic nitrogens is 2. The van der Waals surface area contributed by atoms with Gasteiger partial charge in [0.2, 0.25) is 0 Å². The molecule has 0 fully saturated rings. The molecule has 1 aliphatic rings. The van der Waals surface area contributed by atoms with Crippen LogP contribution in [-0.2, 0) is 6.54 Å². The number of hydrogen-bond acceptors (Lipinski definition) is 3. The van der Waals surface area contributed by atoms with Crippen LogP contribution in [-0.4, -0.2) is 15.9 Å². The lowest BCUT2D eigenvalue weighted by molar-refractivity contribution is 0.0961. The van der Waals surface area contributed by atoms with Crippen LogP contribution in [0.5, 0.6) is 0 Å². The van der Waals surface area contributed by atoms with E-state index in [0.717, 1.165) is 11.3 Å². The molecule has 0 spiro atoms. The molecule has 1 aliphatic heterocycles. The number of fused-ring (bicyclic) bond motifs is 1. The molecule has 4 nitrogen and oxygen atoms in total. The summed E-state index contributed by atoms with van der Waals surface area (Å²) in [4.78, 5) is 19.4. The molecular formula is C8H9N3O. The first-order valence-electron chi connectivity index (χ1n) is 3.81. The molecule has 0 aromatic carbocycles. The standard InChI is InChI=1S/C8H9N3O/c1-4-6-3-9-8(12)7(6)11-5(2)10-4/h3H2,1-2H3,(H,9,12). The normalized spacial score (nSPS) is 14.3. The van der Waals surface area contributed by atoms with Gasteiger partial charge in [0.15, 0.2) is 0 Å². The van der Waals surface area contributed by atoms with E-state index >= 15 is 0 Å². The zero-order valence-corrected chi connectivity index (χ0v) is 7.01. The first kappa shape index (κ1) is 7.21. The molecule has 4 heteroatoms. The fourth-order valence-corrected chi connectivity index (χ4v) is 1.39. The van der Waals surface area contributed by atoms with Gasteiger partial charge in [-0.25, -0.2) is 9.97 Å². The summed E-state index contributed by atoms with van der Waals surface area (Å²) in [7, 11) is 0. The summed E-state index contributed by atoms with van der Waals surface area (Å²) in [6, 6.07) is 0. The molecule has 1 aromatic heterocycles. The van der Waals surface area contributed by atoms with Crippen molar-refractivity contribution in [1.29, 1.82) is 0 Å². The Morgan fingerprint density at radius 3 is 2.83 bits per heavy atom. The SMILES string of the molecule is Cc1nc(C)c2c(n1)C(=O)NC2. The summed E-state index contributed by atoms with van der Waals surface area (Å²) < 4.78 is 0. The van der Waals surface area contributed by atoms with Crippen molar-refractivity contribution < 1.29 is 4.79 Å². The molecule has 62 valence electrons. The third-order valence-electron chi connectivity index (χ3n) is 1.97. The van der Waals surface area contributed by atoms with Crippen molar-refractivity contribution >= 4 is 5.91 Å². The molecule has 2 heterocycles. The highest BCUT2D eigenvalue weighted by Crippen LogP contribution is 2.15. The molecule has 0 bridgehead atoms. The van der Waals surface area contributed by atoms with E-state index in [-0.39, 0.29) is 5.91 Å². The Balaban J connectivity index is 2.68. The maximum absolute atomic E-state index is 11.2. The van der Waals surface area contributed by atoms with Crippen LogP contribution in [0.25, 0.3) is 0 Å². The number of hydrogen-bond donors (Lipinski definition) is 1. The minimum absolute atomic E-state index is 0.0846. The van der Waals surface area contributed by atoms with Crippen LogP contribution in [0.4, 0.5) is 0 Å². The monoisotopic (exact) mass is 163 g/mol. The number of carbonyl (C=O) groups excluding carboxylic acids is 1. The summed E-state index contributed by atoms with van der Waals surface area (Å²) >= 11 is 0. The Hall–Kier alpha value is -1.45. The van der Waals surface area contributed by atoms with Crippen LogP contribution in [0.3, 0.4) is 0 Å². The third-order valence-corrected chi connectivity index (χ3v) is 1.97. The molecule has 0 saturated carbocycles. The van der Waals surface area contributed by atoms with E-state index < -0.39 is 0 Å². The van der Waals surface area contributed by atoms with E-state index in [4.69, 9.17) is 0 Å². The van der Waals surface area contributed by atoms with Crippen molar-refractivity contribution in [1.82, 2.24) is 15.3 Å². The van der Waals surface area contributed by atoms with Gasteiger partial charge in [-0.1, -0.05) is 0 Å². The Labute approximate surface area is 70.0 Å². The van der Waals surface area contributed by atoms with Crippen molar-refractivity contribution in [2.45, 2.75) is 20.4 Å². The number of aryl methyl sites for hydroxylation is 2. The van der Waals surface area contributed by atoms with Gasteiger partial charge in [0.25, 0.3) is 5.91 Å². The molecule has 2 rings (SSSR count). The summed E-state index contributed by atoms with van der Waals surface area (Å²) in [5, 5.41) is 2.71. The smallest absolute Gasteiger partial charge is 0.270 e. The largest absolute Gasteiger partial charge is 0.346 e. The predicted molar refractivity (Wildman–Crippen MR) is 42.7 cm³/mol. The van der Waals surface area contributed by atoms with E-state index in [9.17, 15) is 4.79 Å². The molecule has 1 aromatic rings. The highest BCUT2D eigenvalue weighted by Gasteiger charge is 2.22. The molecule has 0 aliphatic carbocycles. The molecule has 0 atom stereocenters. The lowest BCUT2D eigenvalue weighted by Crippen LogP contribution is -2.13. The lowest BCUT2D eigenvalue weighted by atomic mass is 10.2. The summed E-state index contributed by atoms with van der Waals surface area (Å²) in [6.07, 6.45) is 0. The zero-order chi connectivity index (χ0) is 8.72. The highest BCUT2D eigenvalue weighted by atomic mass is 16.2. The second-order valence-corrected chi connectivity index (χ2v) is 2.87. The zero-order valence-electron chi connectivity index (χ0n) is 7.01. The Morgan fingerprint density at radius 2 is 2.08 bits per heavy atom. The van der Waals surface area contributed by atoms with Crippen LogP contribution >= 0.6 is 0 Å². The van der Waals surface area contributed by atoms with Gasteiger partial charge >= 0.3 is 0 Å². The molecule has 0 unspecified atom stereocenters. The van der Waals surface area contributed by atoms with Crippen LogP contribution < -0.4 is 5.32 Å². The second kappa shape index (κ2) is 2.27. The van der Waals surface area contributed by atoms with E-state index in [1.807, 2.05) is 6.92 Å². The van der Waals surface area contributed by atoms with Crippen molar-refractivity contribution in [3.63, 3.8) is 0 Å². The van der Waals surface area contributed by atoms with Crippen LogP contribution in [0.15, 0.2) is 0 Å². The predicted octanol–water partition coefficient (Wildman–Crippen LogP) is 0.337. The van der Waals surface area contributed by atoms with Gasteiger partial charge in [0.05, 0.1) is 0 Å². The molecule has 12 heavy (non-hydrogen) atoms. The van der Waals surface area contributed by atoms with Gasteiger partial charge < -0.3 is 5.32 Å². The third kappa shape index (κ3) is 0.879. The topological polar surface area (TPSA) is 54.9 Å². The van der Waals surface area contributed by atoms with Gasteiger partial charge in [0, 0.05) is 17.8 Å². The van der Waals surface area contributed by atoms with Gasteiger partial charge in [-0.3, -0.25) is 4.79 Å². The van der Waals surface area contributed by atoms with Crippen molar-refractivity contribution in [3.8, 4) is 0 Å². The molecule has 0 saturated heterocycles. The van der Waals surface area contributed by atoms with Crippen molar-refractivity contribution in [2.24, 2.45) is 0 Å². The average molecular weight is 163 g/mol. The van der Waals surface area contributed by atoms with E-state index in [0.29, 0.717) is 18.1 Å². The minimum atomic E-state index is -0.0846. The molecular weight excluding hydrogens is 154 g/mol. The van der Waals surface area contributed by atoms with Gasteiger partial charge in [-0.05, 0) is 13.8 Å². The van der Waals surface area contributed by atoms with Gasteiger partial charge in [-0.2, -0.15) is 0 Å². The van der Waals surface area contributed by atoms with Crippen LogP contribution in [0, 0.1) is 13.8 Å². The van der Waals surface area contributed by atoms with Gasteiger partial charge in [0.1, 0.15) is 11.5 Å². The van der Waals surface area contributed by atoms with Gasteiger partial charge in [-0.15, -0.1) is 0 Å². The first-order valence-corrected chi connectivity index (χ1v) is 3.81. The number of amides is 1. The minimum Gasteiger partial charge on any atom is -0.346 e. The van der Waals surface area contributed by atoms with Crippen LogP contribution in [0.2, 0.25) is 0 Å². The van der Waals surface area contributed by atoms with E-state index in [1.165, 1.54) is 0 Å². The highest BCUT2D eigenvalue weighted by molar-refractivity contribution is 5.96. The lowest BCUT2D eigenvalue weighted by Gasteiger charge is -2.00. The fourth-order valence-electron chi connectivity index (χ4n) is 1.39. The van der Waals surface area contributed by atoms with Crippen molar-refractivity contribution in [3.05, 3.63) is 22.8 Å². The number of nitrogens with zero attached hydrogens (tertiary/aromatic N) is 2. The number of nitrogens with one attached hydrogen (secondary N) is 1. The maximum atomic E-state index is 11.2. The maximum Gasteiger partial charge on any atom is 0.270 e. The summed E-state index contributed by atoms with van der Waals surface area (Å²) in [5.74, 6) is 0.571. The quantitative estimate of drug-likeness (QED) is 0.600. The number of carbonyl (C=O) groups is 1. The first-order chi connectivity index (χ1) is 5.68. The Morgan fingerprint density at radius 1 is 1.33 bits per heavy atom. The molecule has 1 amide bonds. The fraction of sp³-hybridized carbons (Fsp3) is 0.375. The van der Waals surface area contributed by atoms with Crippen molar-refractivity contribution in [2.75, 3.05) is 0 Å². The molecule has 1 N–H and O–H groups in total. The number of rotatable bonds is 0. The second-order valence-electron chi connectivity index (χ2n) is 2.87. The average Bonchev–Trinajstić information content (AvgIpc) is 2.33. The van der Waals surface area contributed by atoms with E-state index in [2.05, 4.69) is 15.3 Å². The molecule has 0 radical (unpaired) electrons. The van der Waals surface area contributed by atoms with E-state index in [1.54, 1.807) is 6.92 Å². The summed E-state index contributed by atoms with van der Waals surface area (Å²) in [6.45, 7) is 4.26. The Bertz CT molecular complexity index is 360. The Kier molecular flexibility index (Phi) is 1.36. The van der Waals surface area contributed by atoms with Crippen LogP contribution in [0.1, 0.15) is 27.6 Å².